The molecule has 0 radical (unpaired) electrons. The number of carboxylic acids is 1. The molecule has 0 bridgehead atoms. The number of rotatable bonds is 3. The fraction of sp³-hybridized carbons (Fsp3) is 0.0556. The largest absolute Gasteiger partial charge is 0.478 e. The van der Waals surface area contributed by atoms with Crippen molar-refractivity contribution < 1.29 is 14.6 Å². The predicted molar refractivity (Wildman–Crippen MR) is 82.2 cm³/mol. The molecule has 0 saturated carbocycles. The first-order valence-electron chi connectivity index (χ1n) is 6.65. The fourth-order valence-corrected chi connectivity index (χ4v) is 2.28. The van der Waals surface area contributed by atoms with Crippen LogP contribution >= 0.6 is 0 Å². The average molecular weight is 278 g/mol. The van der Waals surface area contributed by atoms with Crippen LogP contribution < -0.4 is 4.74 Å². The monoisotopic (exact) mass is 278 g/mol. The third-order valence-corrected chi connectivity index (χ3v) is 3.36. The smallest absolute Gasteiger partial charge is 0.336 e. The quantitative estimate of drug-likeness (QED) is 0.759. The highest BCUT2D eigenvalue weighted by Crippen LogP contribution is 2.32. The Balaban J connectivity index is 2.09. The summed E-state index contributed by atoms with van der Waals surface area (Å²) >= 11 is 0. The summed E-state index contributed by atoms with van der Waals surface area (Å²) < 4.78 is 5.89. The van der Waals surface area contributed by atoms with E-state index in [4.69, 9.17) is 4.74 Å². The van der Waals surface area contributed by atoms with E-state index in [1.165, 1.54) is 0 Å². The molecule has 0 saturated heterocycles. The van der Waals surface area contributed by atoms with Crippen molar-refractivity contribution in [2.75, 3.05) is 0 Å². The molecular formula is C18H14O3. The van der Waals surface area contributed by atoms with E-state index in [2.05, 4.69) is 0 Å². The first-order chi connectivity index (χ1) is 10.1. The zero-order valence-corrected chi connectivity index (χ0v) is 11.5. The van der Waals surface area contributed by atoms with Gasteiger partial charge in [-0.25, -0.2) is 4.79 Å². The van der Waals surface area contributed by atoms with E-state index < -0.39 is 5.97 Å². The van der Waals surface area contributed by atoms with Crippen LogP contribution in [0.3, 0.4) is 0 Å². The summed E-state index contributed by atoms with van der Waals surface area (Å²) in [5, 5.41) is 10.7. The zero-order chi connectivity index (χ0) is 14.8. The molecule has 3 nitrogen and oxygen atoms in total. The third-order valence-electron chi connectivity index (χ3n) is 3.36. The van der Waals surface area contributed by atoms with E-state index in [-0.39, 0.29) is 5.56 Å². The number of aryl methyl sites for hydroxylation is 1. The van der Waals surface area contributed by atoms with Gasteiger partial charge in [0.1, 0.15) is 11.5 Å². The fourth-order valence-electron chi connectivity index (χ4n) is 2.28. The molecule has 3 heteroatoms. The maximum Gasteiger partial charge on any atom is 0.336 e. The minimum atomic E-state index is -0.937. The molecule has 0 amide bonds. The van der Waals surface area contributed by atoms with Gasteiger partial charge in [-0.15, -0.1) is 0 Å². The Kier molecular flexibility index (Phi) is 3.32. The van der Waals surface area contributed by atoms with Crippen LogP contribution in [-0.2, 0) is 0 Å². The van der Waals surface area contributed by atoms with Gasteiger partial charge in [-0.3, -0.25) is 0 Å². The van der Waals surface area contributed by atoms with E-state index in [1.54, 1.807) is 18.2 Å². The molecule has 0 heterocycles. The van der Waals surface area contributed by atoms with E-state index in [1.807, 2.05) is 49.4 Å². The minimum absolute atomic E-state index is 0.279. The standard InChI is InChI=1S/C18H14O3/c1-12-6-8-13(9-7-12)21-17-11-10-16(18(19)20)14-4-2-3-5-15(14)17/h2-11H,1H3,(H,19,20). The van der Waals surface area contributed by atoms with Crippen molar-refractivity contribution in [2.24, 2.45) is 0 Å². The van der Waals surface area contributed by atoms with Crippen LogP contribution in [-0.4, -0.2) is 11.1 Å². The SMILES string of the molecule is Cc1ccc(Oc2ccc(C(=O)O)c3ccccc23)cc1. The van der Waals surface area contributed by atoms with Gasteiger partial charge in [0.25, 0.3) is 0 Å². The third kappa shape index (κ3) is 2.58. The van der Waals surface area contributed by atoms with Gasteiger partial charge < -0.3 is 9.84 Å². The van der Waals surface area contributed by atoms with Crippen molar-refractivity contribution in [3.05, 3.63) is 71.8 Å². The lowest BCUT2D eigenvalue weighted by Gasteiger charge is -2.11. The number of benzene rings is 3. The first-order valence-corrected chi connectivity index (χ1v) is 6.65. The van der Waals surface area contributed by atoms with E-state index in [9.17, 15) is 9.90 Å². The molecule has 0 fully saturated rings. The highest BCUT2D eigenvalue weighted by atomic mass is 16.5. The van der Waals surface area contributed by atoms with Crippen LogP contribution in [0.25, 0.3) is 10.8 Å². The number of ether oxygens (including phenoxy) is 1. The second-order valence-corrected chi connectivity index (χ2v) is 4.88. The Hall–Kier alpha value is -2.81. The Morgan fingerprint density at radius 1 is 0.905 bits per heavy atom. The number of carboxylic acid groups (broad SMARTS) is 1. The molecule has 0 unspecified atom stereocenters. The summed E-state index contributed by atoms with van der Waals surface area (Å²) in [6, 6.07) is 18.4. The molecule has 3 rings (SSSR count). The van der Waals surface area contributed by atoms with Crippen LogP contribution in [0.5, 0.6) is 11.5 Å². The Bertz CT molecular complexity index is 804. The average Bonchev–Trinajstić information content (AvgIpc) is 2.49. The van der Waals surface area contributed by atoms with Crippen molar-refractivity contribution >= 4 is 16.7 Å². The first kappa shape index (κ1) is 13.2. The maximum absolute atomic E-state index is 11.3. The van der Waals surface area contributed by atoms with Crippen molar-refractivity contribution in [2.45, 2.75) is 6.92 Å². The normalized spacial score (nSPS) is 10.5. The van der Waals surface area contributed by atoms with Crippen molar-refractivity contribution in [3.63, 3.8) is 0 Å². The second kappa shape index (κ2) is 5.29. The minimum Gasteiger partial charge on any atom is -0.478 e. The van der Waals surface area contributed by atoms with Gasteiger partial charge in [-0.2, -0.15) is 0 Å². The number of hydrogen-bond donors (Lipinski definition) is 1. The molecular weight excluding hydrogens is 264 g/mol. The summed E-state index contributed by atoms with van der Waals surface area (Å²) in [7, 11) is 0. The molecule has 0 aromatic heterocycles. The van der Waals surface area contributed by atoms with E-state index >= 15 is 0 Å². The van der Waals surface area contributed by atoms with Crippen LogP contribution in [0, 0.1) is 6.92 Å². The lowest BCUT2D eigenvalue weighted by atomic mass is 10.0. The molecule has 3 aromatic carbocycles. The predicted octanol–water partition coefficient (Wildman–Crippen LogP) is 4.64. The van der Waals surface area contributed by atoms with Crippen LogP contribution in [0.2, 0.25) is 0 Å². The number of aromatic carboxylic acids is 1. The van der Waals surface area contributed by atoms with Gasteiger partial charge in [0.2, 0.25) is 0 Å². The highest BCUT2D eigenvalue weighted by molar-refractivity contribution is 6.05. The van der Waals surface area contributed by atoms with Gasteiger partial charge in [0, 0.05) is 5.39 Å². The zero-order valence-electron chi connectivity index (χ0n) is 11.5. The Labute approximate surface area is 122 Å². The molecule has 0 aliphatic heterocycles. The van der Waals surface area contributed by atoms with Crippen LogP contribution in [0.4, 0.5) is 0 Å². The van der Waals surface area contributed by atoms with Gasteiger partial charge in [0.05, 0.1) is 5.56 Å². The van der Waals surface area contributed by atoms with Gasteiger partial charge in [-0.1, -0.05) is 42.0 Å². The van der Waals surface area contributed by atoms with Crippen molar-refractivity contribution in [1.29, 1.82) is 0 Å². The van der Waals surface area contributed by atoms with Crippen LogP contribution in [0.1, 0.15) is 15.9 Å². The van der Waals surface area contributed by atoms with E-state index in [0.29, 0.717) is 11.1 Å². The molecule has 0 spiro atoms. The summed E-state index contributed by atoms with van der Waals surface area (Å²) in [5.74, 6) is 0.446. The highest BCUT2D eigenvalue weighted by Gasteiger charge is 2.12. The van der Waals surface area contributed by atoms with Crippen molar-refractivity contribution in [3.8, 4) is 11.5 Å². The maximum atomic E-state index is 11.3. The van der Waals surface area contributed by atoms with E-state index in [0.717, 1.165) is 16.7 Å². The van der Waals surface area contributed by atoms with Gasteiger partial charge in [0.15, 0.2) is 0 Å². The van der Waals surface area contributed by atoms with Gasteiger partial charge in [-0.05, 0) is 36.6 Å². The summed E-state index contributed by atoms with van der Waals surface area (Å²) in [5.41, 5.74) is 1.44. The molecule has 0 aliphatic carbocycles. The summed E-state index contributed by atoms with van der Waals surface area (Å²) in [6.45, 7) is 2.01. The summed E-state index contributed by atoms with van der Waals surface area (Å²) in [4.78, 5) is 11.3. The number of carbonyl (C=O) groups is 1. The van der Waals surface area contributed by atoms with Crippen molar-refractivity contribution in [1.82, 2.24) is 0 Å². The molecule has 3 aromatic rings. The van der Waals surface area contributed by atoms with Gasteiger partial charge >= 0.3 is 5.97 Å². The topological polar surface area (TPSA) is 46.5 Å². The summed E-state index contributed by atoms with van der Waals surface area (Å²) in [6.07, 6.45) is 0. The molecule has 0 atom stereocenters. The Morgan fingerprint density at radius 2 is 1.57 bits per heavy atom. The number of hydrogen-bond acceptors (Lipinski definition) is 2. The lowest BCUT2D eigenvalue weighted by Crippen LogP contribution is -1.98. The number of fused-ring (bicyclic) bond motifs is 1. The lowest BCUT2D eigenvalue weighted by molar-refractivity contribution is 0.0699. The van der Waals surface area contributed by atoms with Crippen LogP contribution in [0.15, 0.2) is 60.7 Å². The molecule has 21 heavy (non-hydrogen) atoms. The second-order valence-electron chi connectivity index (χ2n) is 4.88. The molecule has 104 valence electrons. The molecule has 0 aliphatic rings. The molecule has 1 N–H and O–H groups in total. The Morgan fingerprint density at radius 3 is 2.24 bits per heavy atom.